The van der Waals surface area contributed by atoms with Gasteiger partial charge < -0.3 is 0 Å². The average molecular weight is 180 g/mol. The third-order valence-corrected chi connectivity index (χ3v) is 2.30. The minimum absolute atomic E-state index is 0.615. The second kappa shape index (κ2) is 3.75. The van der Waals surface area contributed by atoms with Crippen LogP contribution < -0.4 is 5.23 Å². The summed E-state index contributed by atoms with van der Waals surface area (Å²) in [5.41, 5.74) is 0.615. The van der Waals surface area contributed by atoms with E-state index in [1.165, 1.54) is 0 Å². The van der Waals surface area contributed by atoms with Gasteiger partial charge in [-0.2, -0.15) is 5.01 Å². The van der Waals surface area contributed by atoms with Crippen LogP contribution in [0, 0.1) is 0 Å². The zero-order valence-corrected chi connectivity index (χ0v) is 7.49. The van der Waals surface area contributed by atoms with Crippen molar-refractivity contribution in [1.29, 1.82) is 0 Å². The van der Waals surface area contributed by atoms with Gasteiger partial charge in [-0.25, -0.2) is 0 Å². The summed E-state index contributed by atoms with van der Waals surface area (Å²) < 4.78 is 13.6. The van der Waals surface area contributed by atoms with Gasteiger partial charge in [-0.1, -0.05) is 22.7 Å². The lowest BCUT2D eigenvalue weighted by atomic mass is 10.3. The van der Waals surface area contributed by atoms with Gasteiger partial charge in [0, 0.05) is 13.1 Å². The van der Waals surface area contributed by atoms with Crippen molar-refractivity contribution in [3.63, 3.8) is 0 Å². The van der Waals surface area contributed by atoms with E-state index >= 15 is 0 Å². The molecule has 0 saturated carbocycles. The van der Waals surface area contributed by atoms with E-state index in [1.807, 2.05) is 18.2 Å². The van der Waals surface area contributed by atoms with Gasteiger partial charge in [-0.15, -0.1) is 5.23 Å². The highest BCUT2D eigenvalue weighted by Gasteiger charge is 2.19. The van der Waals surface area contributed by atoms with Gasteiger partial charge in [0.15, 0.2) is 0 Å². The first kappa shape index (κ1) is 8.51. The van der Waals surface area contributed by atoms with Gasteiger partial charge in [0.25, 0.3) is 0 Å². The molecule has 70 valence electrons. The Hall–Kier alpha value is -1.09. The van der Waals surface area contributed by atoms with Crippen LogP contribution in [0.5, 0.6) is 0 Å². The minimum Gasteiger partial charge on any atom is -0.192 e. The Kier molecular flexibility index (Phi) is 2.45. The first-order chi connectivity index (χ1) is 6.38. The van der Waals surface area contributed by atoms with Crippen molar-refractivity contribution in [3.8, 4) is 0 Å². The highest BCUT2D eigenvalue weighted by atomic mass is 19.2. The first-order valence-electron chi connectivity index (χ1n) is 4.64. The predicted molar refractivity (Wildman–Crippen MR) is 50.8 cm³/mol. The maximum absolute atomic E-state index is 13.6. The molecule has 1 heterocycles. The molecule has 1 aromatic rings. The Bertz CT molecular complexity index is 257. The second-order valence-electron chi connectivity index (χ2n) is 3.26. The van der Waals surface area contributed by atoms with Crippen LogP contribution in [0.1, 0.15) is 12.8 Å². The summed E-state index contributed by atoms with van der Waals surface area (Å²) in [6, 6.07) is 9.13. The fourth-order valence-electron chi connectivity index (χ4n) is 1.59. The molecule has 13 heavy (non-hydrogen) atoms. The maximum atomic E-state index is 13.6. The Morgan fingerprint density at radius 1 is 1.08 bits per heavy atom. The predicted octanol–water partition coefficient (Wildman–Crippen LogP) is 2.39. The Morgan fingerprint density at radius 3 is 2.31 bits per heavy atom. The molecule has 1 saturated heterocycles. The Balaban J connectivity index is 2.08. The summed E-state index contributed by atoms with van der Waals surface area (Å²) in [5.74, 6) is 0. The van der Waals surface area contributed by atoms with Crippen molar-refractivity contribution in [2.75, 3.05) is 18.3 Å². The normalized spacial score (nSPS) is 17.6. The summed E-state index contributed by atoms with van der Waals surface area (Å²) in [6.07, 6.45) is 2.18. The van der Waals surface area contributed by atoms with E-state index in [0.29, 0.717) is 5.69 Å². The first-order valence-corrected chi connectivity index (χ1v) is 4.64. The van der Waals surface area contributed by atoms with Crippen LogP contribution in [0.3, 0.4) is 0 Å². The van der Waals surface area contributed by atoms with Crippen LogP contribution >= 0.6 is 0 Å². The van der Waals surface area contributed by atoms with Crippen LogP contribution in [0.25, 0.3) is 0 Å². The number of hydrogen-bond donors (Lipinski definition) is 0. The van der Waals surface area contributed by atoms with Gasteiger partial charge in [0.05, 0.1) is 5.69 Å². The van der Waals surface area contributed by atoms with E-state index in [-0.39, 0.29) is 0 Å². The van der Waals surface area contributed by atoms with Crippen LogP contribution in [0.4, 0.5) is 10.2 Å². The number of benzene rings is 1. The van der Waals surface area contributed by atoms with Crippen LogP contribution in [0.15, 0.2) is 30.3 Å². The highest BCUT2D eigenvalue weighted by molar-refractivity contribution is 5.42. The van der Waals surface area contributed by atoms with Gasteiger partial charge in [-0.3, -0.25) is 0 Å². The van der Waals surface area contributed by atoms with Crippen LogP contribution in [0.2, 0.25) is 0 Å². The van der Waals surface area contributed by atoms with E-state index in [1.54, 1.807) is 17.1 Å². The number of anilines is 1. The molecule has 0 spiro atoms. The van der Waals surface area contributed by atoms with E-state index in [0.717, 1.165) is 31.2 Å². The number of para-hydroxylation sites is 1. The Morgan fingerprint density at radius 2 is 1.69 bits per heavy atom. The highest BCUT2D eigenvalue weighted by Crippen LogP contribution is 2.19. The zero-order chi connectivity index (χ0) is 9.10. The molecule has 1 aromatic carbocycles. The molecule has 3 heteroatoms. The quantitative estimate of drug-likeness (QED) is 0.645. The van der Waals surface area contributed by atoms with Crippen molar-refractivity contribution < 1.29 is 4.48 Å². The number of halogens is 1. The minimum atomic E-state index is 0.615. The molecule has 0 unspecified atom stereocenters. The van der Waals surface area contributed by atoms with E-state index in [9.17, 15) is 4.48 Å². The molecule has 0 N–H and O–H groups in total. The lowest BCUT2D eigenvalue weighted by molar-refractivity contribution is 0.178. The van der Waals surface area contributed by atoms with E-state index in [2.05, 4.69) is 0 Å². The van der Waals surface area contributed by atoms with Gasteiger partial charge in [0.1, 0.15) is 0 Å². The molecule has 1 aliphatic rings. The van der Waals surface area contributed by atoms with Crippen molar-refractivity contribution >= 4 is 5.69 Å². The molecule has 0 aliphatic carbocycles. The summed E-state index contributed by atoms with van der Waals surface area (Å²) in [5, 5.41) is 2.49. The van der Waals surface area contributed by atoms with Crippen LogP contribution in [-0.4, -0.2) is 18.1 Å². The molecule has 2 rings (SSSR count). The molecular formula is C10H13FN2. The van der Waals surface area contributed by atoms with Crippen molar-refractivity contribution in [2.24, 2.45) is 0 Å². The fourth-order valence-corrected chi connectivity index (χ4v) is 1.59. The molecular weight excluding hydrogens is 167 g/mol. The van der Waals surface area contributed by atoms with E-state index < -0.39 is 0 Å². The number of nitrogens with zero attached hydrogens (tertiary/aromatic N) is 2. The van der Waals surface area contributed by atoms with Crippen molar-refractivity contribution in [3.05, 3.63) is 30.3 Å². The summed E-state index contributed by atoms with van der Waals surface area (Å²) in [7, 11) is 0. The second-order valence-corrected chi connectivity index (χ2v) is 3.26. The molecule has 0 aromatic heterocycles. The largest absolute Gasteiger partial charge is 0.192 e. The lowest BCUT2D eigenvalue weighted by Gasteiger charge is -2.23. The zero-order valence-electron chi connectivity index (χ0n) is 7.49. The fraction of sp³-hybridized carbons (Fsp3) is 0.400. The molecule has 0 radical (unpaired) electrons. The Labute approximate surface area is 77.5 Å². The van der Waals surface area contributed by atoms with Gasteiger partial charge in [-0.05, 0) is 25.0 Å². The standard InChI is InChI=1S/C10H13FN2/c11-13(12-8-4-5-9-12)10-6-2-1-3-7-10/h1-3,6-7H,4-5,8-9H2. The molecule has 1 fully saturated rings. The SMILES string of the molecule is FN(c1ccccc1)N1CCCC1. The smallest absolute Gasteiger partial charge is 0.0877 e. The molecule has 0 atom stereocenters. The average Bonchev–Trinajstić information content (AvgIpc) is 2.71. The molecule has 0 amide bonds. The van der Waals surface area contributed by atoms with Gasteiger partial charge >= 0.3 is 0 Å². The lowest BCUT2D eigenvalue weighted by Crippen LogP contribution is -2.34. The van der Waals surface area contributed by atoms with Crippen LogP contribution in [-0.2, 0) is 0 Å². The molecule has 1 aliphatic heterocycles. The monoisotopic (exact) mass is 180 g/mol. The third-order valence-electron chi connectivity index (χ3n) is 2.30. The summed E-state index contributed by atoms with van der Waals surface area (Å²) in [6.45, 7) is 1.65. The number of rotatable bonds is 2. The molecule has 0 bridgehead atoms. The summed E-state index contributed by atoms with van der Waals surface area (Å²) in [4.78, 5) is 0. The van der Waals surface area contributed by atoms with Gasteiger partial charge in [0.2, 0.25) is 0 Å². The van der Waals surface area contributed by atoms with Crippen molar-refractivity contribution in [1.82, 2.24) is 5.01 Å². The number of hydrogen-bond acceptors (Lipinski definition) is 2. The maximum Gasteiger partial charge on any atom is 0.0877 e. The number of hydrazine groups is 1. The molecule has 2 nitrogen and oxygen atoms in total. The topological polar surface area (TPSA) is 6.48 Å². The van der Waals surface area contributed by atoms with E-state index in [4.69, 9.17) is 0 Å². The third kappa shape index (κ3) is 1.80. The summed E-state index contributed by atoms with van der Waals surface area (Å²) >= 11 is 0. The van der Waals surface area contributed by atoms with Crippen molar-refractivity contribution in [2.45, 2.75) is 12.8 Å².